The van der Waals surface area contributed by atoms with E-state index in [-0.39, 0.29) is 5.82 Å². The van der Waals surface area contributed by atoms with Gasteiger partial charge in [-0.3, -0.25) is 0 Å². The molecule has 0 radical (unpaired) electrons. The monoisotopic (exact) mass is 362 g/mol. The van der Waals surface area contributed by atoms with E-state index in [0.29, 0.717) is 5.92 Å². The molecule has 1 aliphatic carbocycles. The molecule has 0 atom stereocenters. The van der Waals surface area contributed by atoms with E-state index in [1.165, 1.54) is 31.4 Å². The van der Waals surface area contributed by atoms with Gasteiger partial charge in [-0.25, -0.2) is 8.78 Å². The van der Waals surface area contributed by atoms with Gasteiger partial charge in [-0.15, -0.1) is 0 Å². The van der Waals surface area contributed by atoms with E-state index < -0.39 is 6.67 Å². The smallest absolute Gasteiger partial charge is 0.123 e. The lowest BCUT2D eigenvalue weighted by Gasteiger charge is -2.26. The Kier molecular flexibility index (Phi) is 5.15. The molecule has 98 valence electrons. The van der Waals surface area contributed by atoms with E-state index in [4.69, 9.17) is 0 Å². The second-order valence-electron chi connectivity index (χ2n) is 4.79. The van der Waals surface area contributed by atoms with Gasteiger partial charge in [-0.1, -0.05) is 31.4 Å². The zero-order valence-corrected chi connectivity index (χ0v) is 12.4. The second-order valence-corrected chi connectivity index (χ2v) is 6.10. The average molecular weight is 362 g/mol. The van der Waals surface area contributed by atoms with Crippen molar-refractivity contribution in [1.82, 2.24) is 0 Å². The third-order valence-electron chi connectivity index (χ3n) is 3.58. The summed E-state index contributed by atoms with van der Waals surface area (Å²) >= 11 is 2.09. The molecule has 0 amide bonds. The molecule has 0 unspecified atom stereocenters. The van der Waals surface area contributed by atoms with Crippen molar-refractivity contribution in [2.75, 3.05) is 6.67 Å². The van der Waals surface area contributed by atoms with Crippen LogP contribution in [-0.2, 0) is 0 Å². The normalized spacial score (nSPS) is 18.6. The molecule has 0 aromatic heterocycles. The van der Waals surface area contributed by atoms with E-state index in [9.17, 15) is 8.78 Å². The van der Waals surface area contributed by atoms with Crippen molar-refractivity contribution in [2.45, 2.75) is 32.1 Å². The number of allylic oxidation sites excluding steroid dienone is 2. The molecule has 0 nitrogen and oxygen atoms in total. The molecular weight excluding hydrogens is 345 g/mol. The van der Waals surface area contributed by atoms with Crippen LogP contribution >= 0.6 is 22.6 Å². The number of alkyl halides is 1. The number of rotatable bonds is 3. The molecule has 3 heteroatoms. The van der Waals surface area contributed by atoms with Gasteiger partial charge >= 0.3 is 0 Å². The summed E-state index contributed by atoms with van der Waals surface area (Å²) in [5.74, 6) is 0.198. The fourth-order valence-electron chi connectivity index (χ4n) is 2.71. The molecule has 0 saturated heterocycles. The molecule has 1 aromatic carbocycles. The molecule has 1 aliphatic rings. The van der Waals surface area contributed by atoms with Gasteiger partial charge in [-0.2, -0.15) is 0 Å². The fourth-order valence-corrected chi connectivity index (χ4v) is 3.46. The maximum Gasteiger partial charge on any atom is 0.123 e. The van der Waals surface area contributed by atoms with Crippen LogP contribution in [-0.4, -0.2) is 6.67 Å². The lowest BCUT2D eigenvalue weighted by atomic mass is 9.81. The van der Waals surface area contributed by atoms with E-state index >= 15 is 0 Å². The molecule has 0 heterocycles. The summed E-state index contributed by atoms with van der Waals surface area (Å²) < 4.78 is 26.8. The zero-order chi connectivity index (χ0) is 13.0. The van der Waals surface area contributed by atoms with Gasteiger partial charge < -0.3 is 0 Å². The van der Waals surface area contributed by atoms with E-state index in [1.807, 2.05) is 0 Å². The van der Waals surface area contributed by atoms with Crippen molar-refractivity contribution < 1.29 is 8.78 Å². The Bertz CT molecular complexity index is 417. The molecule has 1 fully saturated rings. The fraction of sp³-hybridized carbons (Fsp3) is 0.467. The molecule has 0 aliphatic heterocycles. The van der Waals surface area contributed by atoms with Crippen molar-refractivity contribution in [3.05, 3.63) is 39.2 Å². The quantitative estimate of drug-likeness (QED) is 0.621. The summed E-state index contributed by atoms with van der Waals surface area (Å²) in [6.07, 6.45) is 5.95. The van der Waals surface area contributed by atoms with Crippen molar-refractivity contribution >= 4 is 28.2 Å². The topological polar surface area (TPSA) is 0 Å². The number of hydrogen-bond donors (Lipinski definition) is 0. The second kappa shape index (κ2) is 6.64. The van der Waals surface area contributed by atoms with Crippen LogP contribution in [0.3, 0.4) is 0 Å². The maximum absolute atomic E-state index is 13.0. The molecular formula is C15H17F2I. The van der Waals surface area contributed by atoms with Gasteiger partial charge in [0.1, 0.15) is 12.5 Å². The SMILES string of the molecule is FC/C(I)=C(/c1ccc(F)cc1)C1CCCCC1. The summed E-state index contributed by atoms with van der Waals surface area (Å²) in [7, 11) is 0. The highest BCUT2D eigenvalue weighted by molar-refractivity contribution is 14.1. The minimum atomic E-state index is -0.427. The van der Waals surface area contributed by atoms with E-state index in [1.54, 1.807) is 12.1 Å². The van der Waals surface area contributed by atoms with Gasteiger partial charge in [0.05, 0.1) is 0 Å². The standard InChI is InChI=1S/C15H17F2I/c16-10-14(18)15(11-4-2-1-3-5-11)12-6-8-13(17)9-7-12/h6-9,11H,1-5,10H2/b15-14-. The Morgan fingerprint density at radius 3 is 2.28 bits per heavy atom. The number of hydrogen-bond acceptors (Lipinski definition) is 0. The van der Waals surface area contributed by atoms with Crippen LogP contribution in [0, 0.1) is 11.7 Å². The summed E-state index contributed by atoms with van der Waals surface area (Å²) in [6.45, 7) is -0.427. The van der Waals surface area contributed by atoms with Crippen molar-refractivity contribution in [3.63, 3.8) is 0 Å². The zero-order valence-electron chi connectivity index (χ0n) is 10.3. The van der Waals surface area contributed by atoms with Crippen LogP contribution in [0.4, 0.5) is 8.78 Å². The maximum atomic E-state index is 13.0. The predicted octanol–water partition coefficient (Wildman–Crippen LogP) is 5.52. The first-order valence-corrected chi connectivity index (χ1v) is 7.50. The Balaban J connectivity index is 2.33. The summed E-state index contributed by atoms with van der Waals surface area (Å²) in [4.78, 5) is 0. The van der Waals surface area contributed by atoms with Crippen LogP contribution in [0.15, 0.2) is 27.8 Å². The molecule has 1 aromatic rings. The molecule has 2 rings (SSSR count). The summed E-state index contributed by atoms with van der Waals surface area (Å²) in [6, 6.07) is 6.46. The third-order valence-corrected chi connectivity index (χ3v) is 4.45. The highest BCUT2D eigenvalue weighted by atomic mass is 127. The Morgan fingerprint density at radius 2 is 1.72 bits per heavy atom. The molecule has 1 saturated carbocycles. The number of halogens is 3. The van der Waals surface area contributed by atoms with Gasteiger partial charge in [-0.05, 0) is 64.6 Å². The first kappa shape index (κ1) is 14.0. The predicted molar refractivity (Wildman–Crippen MR) is 79.9 cm³/mol. The van der Waals surface area contributed by atoms with Crippen molar-refractivity contribution in [3.8, 4) is 0 Å². The van der Waals surface area contributed by atoms with Gasteiger partial charge in [0.2, 0.25) is 0 Å². The lowest BCUT2D eigenvalue weighted by Crippen LogP contribution is -2.10. The summed E-state index contributed by atoms with van der Waals surface area (Å²) in [5, 5.41) is 0. The first-order valence-electron chi connectivity index (χ1n) is 6.43. The van der Waals surface area contributed by atoms with Gasteiger partial charge in [0.25, 0.3) is 0 Å². The van der Waals surface area contributed by atoms with E-state index in [0.717, 1.165) is 27.6 Å². The minimum absolute atomic E-state index is 0.239. The molecule has 18 heavy (non-hydrogen) atoms. The number of benzene rings is 1. The summed E-state index contributed by atoms with van der Waals surface area (Å²) in [5.41, 5.74) is 2.07. The van der Waals surface area contributed by atoms with E-state index in [2.05, 4.69) is 22.6 Å². The van der Waals surface area contributed by atoms with Gasteiger partial charge in [0, 0.05) is 3.58 Å². The van der Waals surface area contributed by atoms with Crippen LogP contribution in [0.1, 0.15) is 37.7 Å². The average Bonchev–Trinajstić information content (AvgIpc) is 2.42. The van der Waals surface area contributed by atoms with Crippen molar-refractivity contribution in [2.24, 2.45) is 5.92 Å². The molecule has 0 bridgehead atoms. The Labute approximate surface area is 121 Å². The van der Waals surface area contributed by atoms with Crippen LogP contribution in [0.25, 0.3) is 5.57 Å². The van der Waals surface area contributed by atoms with Crippen molar-refractivity contribution in [1.29, 1.82) is 0 Å². The molecule has 0 spiro atoms. The highest BCUT2D eigenvalue weighted by Gasteiger charge is 2.21. The highest BCUT2D eigenvalue weighted by Crippen LogP contribution is 2.39. The van der Waals surface area contributed by atoms with Gasteiger partial charge in [0.15, 0.2) is 0 Å². The molecule has 0 N–H and O–H groups in total. The van der Waals surface area contributed by atoms with Crippen LogP contribution < -0.4 is 0 Å². The Hall–Kier alpha value is -0.450. The Morgan fingerprint density at radius 1 is 1.11 bits per heavy atom. The first-order chi connectivity index (χ1) is 8.72. The third kappa shape index (κ3) is 3.31. The lowest BCUT2D eigenvalue weighted by molar-refractivity contribution is 0.427. The largest absolute Gasteiger partial charge is 0.245 e. The minimum Gasteiger partial charge on any atom is -0.245 e. The van der Waals surface area contributed by atoms with Crippen LogP contribution in [0.5, 0.6) is 0 Å². The van der Waals surface area contributed by atoms with Crippen LogP contribution in [0.2, 0.25) is 0 Å².